The number of ether oxygens (including phenoxy) is 3. The number of nitrogens with zero attached hydrogens (tertiary/aromatic N) is 3. The highest BCUT2D eigenvalue weighted by molar-refractivity contribution is 7.98. The molecule has 0 atom stereocenters. The van der Waals surface area contributed by atoms with Crippen molar-refractivity contribution in [3.63, 3.8) is 0 Å². The quantitative estimate of drug-likeness (QED) is 0.376. The van der Waals surface area contributed by atoms with Gasteiger partial charge in [0.05, 0.1) is 27.5 Å². The van der Waals surface area contributed by atoms with Crippen molar-refractivity contribution < 1.29 is 19.0 Å². The second-order valence-corrected chi connectivity index (χ2v) is 8.11. The van der Waals surface area contributed by atoms with E-state index >= 15 is 0 Å². The third-order valence-electron chi connectivity index (χ3n) is 4.69. The molecule has 174 valence electrons. The van der Waals surface area contributed by atoms with Gasteiger partial charge >= 0.3 is 0 Å². The predicted molar refractivity (Wildman–Crippen MR) is 126 cm³/mol. The van der Waals surface area contributed by atoms with Gasteiger partial charge in [0.1, 0.15) is 6.54 Å². The lowest BCUT2D eigenvalue weighted by atomic mass is 10.2. The molecule has 1 aromatic carbocycles. The third kappa shape index (κ3) is 6.26. The van der Waals surface area contributed by atoms with Crippen LogP contribution in [0.1, 0.15) is 17.1 Å². The van der Waals surface area contributed by atoms with Crippen LogP contribution < -0.4 is 25.0 Å². The maximum Gasteiger partial charge on any atom is 0.244 e. The van der Waals surface area contributed by atoms with E-state index in [9.17, 15) is 9.59 Å². The van der Waals surface area contributed by atoms with Crippen LogP contribution in [0.15, 0.2) is 46.5 Å². The minimum atomic E-state index is -0.276. The molecular weight excluding hydrogens is 444 g/mol. The first kappa shape index (κ1) is 24.1. The van der Waals surface area contributed by atoms with Crippen molar-refractivity contribution in [2.45, 2.75) is 31.3 Å². The molecule has 3 aromatic rings. The molecule has 0 aliphatic carbocycles. The Morgan fingerprint density at radius 2 is 1.64 bits per heavy atom. The van der Waals surface area contributed by atoms with Crippen molar-refractivity contribution in [2.24, 2.45) is 0 Å². The predicted octanol–water partition coefficient (Wildman–Crippen LogP) is 3.21. The maximum absolute atomic E-state index is 12.8. The number of amides is 1. The van der Waals surface area contributed by atoms with Gasteiger partial charge < -0.3 is 24.1 Å². The highest BCUT2D eigenvalue weighted by Crippen LogP contribution is 2.29. The number of hydrogen-bond donors (Lipinski definition) is 1. The number of aromatic nitrogens is 3. The fraction of sp³-hybridized carbons (Fsp3) is 0.304. The summed E-state index contributed by atoms with van der Waals surface area (Å²) in [5, 5.41) is 3.45. The van der Waals surface area contributed by atoms with E-state index in [-0.39, 0.29) is 23.6 Å². The number of pyridine rings is 1. The number of nitrogens with one attached hydrogen (secondary N) is 1. The summed E-state index contributed by atoms with van der Waals surface area (Å²) in [6, 6.07) is 8.48. The summed E-state index contributed by atoms with van der Waals surface area (Å²) in [4.78, 5) is 34.0. The van der Waals surface area contributed by atoms with Gasteiger partial charge in [-0.15, -0.1) is 0 Å². The molecule has 0 aliphatic rings. The van der Waals surface area contributed by atoms with Gasteiger partial charge in [0.2, 0.25) is 11.3 Å². The standard InChI is InChI=1S/C23H26N4O5S/c1-14-8-15(2)25-23(24-14)33-13-17-10-18(28)21(32-5)11-27(17)12-22(29)26-16-6-7-19(30-3)20(9-16)31-4/h6-11H,12-13H2,1-5H3,(H,26,29). The fourth-order valence-electron chi connectivity index (χ4n) is 3.18. The van der Waals surface area contributed by atoms with E-state index in [1.807, 2.05) is 19.9 Å². The normalized spacial score (nSPS) is 10.6. The third-order valence-corrected chi connectivity index (χ3v) is 5.58. The van der Waals surface area contributed by atoms with E-state index in [4.69, 9.17) is 14.2 Å². The first-order valence-electron chi connectivity index (χ1n) is 10.1. The molecule has 0 bridgehead atoms. The monoisotopic (exact) mass is 470 g/mol. The molecule has 3 rings (SSSR count). The average Bonchev–Trinajstić information content (AvgIpc) is 2.78. The van der Waals surface area contributed by atoms with Crippen LogP contribution in [0.2, 0.25) is 0 Å². The van der Waals surface area contributed by atoms with Crippen LogP contribution in [0.5, 0.6) is 17.2 Å². The summed E-state index contributed by atoms with van der Waals surface area (Å²) in [5.74, 6) is 1.36. The first-order valence-corrected chi connectivity index (χ1v) is 11.1. The second-order valence-electron chi connectivity index (χ2n) is 7.17. The lowest BCUT2D eigenvalue weighted by molar-refractivity contribution is -0.116. The molecule has 0 aliphatic heterocycles. The van der Waals surface area contributed by atoms with Crippen molar-refractivity contribution in [3.05, 3.63) is 63.8 Å². The Balaban J connectivity index is 1.80. The minimum Gasteiger partial charge on any atom is -0.493 e. The number of benzene rings is 1. The molecule has 0 saturated carbocycles. The highest BCUT2D eigenvalue weighted by Gasteiger charge is 2.13. The number of carbonyl (C=O) groups is 1. The Morgan fingerprint density at radius 3 is 2.27 bits per heavy atom. The molecule has 2 heterocycles. The second kappa shape index (κ2) is 10.9. The fourth-order valence-corrected chi connectivity index (χ4v) is 4.13. The number of methoxy groups -OCH3 is 3. The van der Waals surface area contributed by atoms with Crippen molar-refractivity contribution in [2.75, 3.05) is 26.6 Å². The summed E-state index contributed by atoms with van der Waals surface area (Å²) >= 11 is 1.39. The van der Waals surface area contributed by atoms with Crippen molar-refractivity contribution in [1.82, 2.24) is 14.5 Å². The zero-order valence-corrected chi connectivity index (χ0v) is 20.0. The molecule has 0 unspecified atom stereocenters. The topological polar surface area (TPSA) is 105 Å². The van der Waals surface area contributed by atoms with Gasteiger partial charge in [-0.3, -0.25) is 9.59 Å². The van der Waals surface area contributed by atoms with E-state index in [0.29, 0.717) is 33.8 Å². The number of thioether (sulfide) groups is 1. The number of rotatable bonds is 9. The van der Waals surface area contributed by atoms with Gasteiger partial charge in [-0.05, 0) is 32.0 Å². The minimum absolute atomic E-state index is 0.0193. The van der Waals surface area contributed by atoms with Crippen LogP contribution in [0, 0.1) is 13.8 Å². The van der Waals surface area contributed by atoms with Crippen molar-refractivity contribution in [3.8, 4) is 17.2 Å². The van der Waals surface area contributed by atoms with Crippen LogP contribution in [0.25, 0.3) is 0 Å². The zero-order valence-electron chi connectivity index (χ0n) is 19.2. The average molecular weight is 471 g/mol. The van der Waals surface area contributed by atoms with E-state index in [1.54, 1.807) is 29.9 Å². The lowest BCUT2D eigenvalue weighted by Gasteiger charge is -2.15. The van der Waals surface area contributed by atoms with Crippen LogP contribution >= 0.6 is 11.8 Å². The molecule has 1 amide bonds. The van der Waals surface area contributed by atoms with Gasteiger partial charge in [-0.1, -0.05) is 11.8 Å². The molecule has 9 nitrogen and oxygen atoms in total. The van der Waals surface area contributed by atoms with Crippen molar-refractivity contribution in [1.29, 1.82) is 0 Å². The summed E-state index contributed by atoms with van der Waals surface area (Å²) in [6.45, 7) is 3.79. The Kier molecular flexibility index (Phi) is 7.94. The van der Waals surface area contributed by atoms with Crippen molar-refractivity contribution >= 4 is 23.4 Å². The molecule has 0 radical (unpaired) electrons. The zero-order chi connectivity index (χ0) is 24.0. The number of aryl methyl sites for hydroxylation is 2. The lowest BCUT2D eigenvalue weighted by Crippen LogP contribution is -2.22. The number of anilines is 1. The summed E-state index contributed by atoms with van der Waals surface area (Å²) in [5.41, 5.74) is 2.69. The Morgan fingerprint density at radius 1 is 0.970 bits per heavy atom. The first-order chi connectivity index (χ1) is 15.8. The van der Waals surface area contributed by atoms with Crippen LogP contribution in [0.3, 0.4) is 0 Å². The van der Waals surface area contributed by atoms with Gasteiger partial charge in [0.25, 0.3) is 0 Å². The highest BCUT2D eigenvalue weighted by atomic mass is 32.2. The molecule has 0 saturated heterocycles. The molecule has 0 spiro atoms. The Labute approximate surface area is 196 Å². The molecule has 10 heteroatoms. The molecule has 0 fully saturated rings. The van der Waals surface area contributed by atoms with Gasteiger partial charge in [-0.25, -0.2) is 9.97 Å². The van der Waals surface area contributed by atoms with Crippen LogP contribution in [-0.2, 0) is 17.1 Å². The van der Waals surface area contributed by atoms with Crippen LogP contribution in [0.4, 0.5) is 5.69 Å². The van der Waals surface area contributed by atoms with Gasteiger partial charge in [0.15, 0.2) is 22.4 Å². The van der Waals surface area contributed by atoms with Gasteiger partial charge in [-0.2, -0.15) is 0 Å². The van der Waals surface area contributed by atoms with Crippen LogP contribution in [-0.4, -0.2) is 41.8 Å². The SMILES string of the molecule is COc1ccc(NC(=O)Cn2cc(OC)c(=O)cc2CSc2nc(C)cc(C)n2)cc1OC. The number of carbonyl (C=O) groups excluding carboxylic acids is 1. The van der Waals surface area contributed by atoms with E-state index in [1.165, 1.54) is 38.2 Å². The van der Waals surface area contributed by atoms with E-state index in [0.717, 1.165) is 11.4 Å². The molecule has 1 N–H and O–H groups in total. The van der Waals surface area contributed by atoms with Gasteiger partial charge in [0, 0.05) is 40.7 Å². The summed E-state index contributed by atoms with van der Waals surface area (Å²) in [6.07, 6.45) is 1.54. The maximum atomic E-state index is 12.8. The molecule has 2 aromatic heterocycles. The molecule has 33 heavy (non-hydrogen) atoms. The number of hydrogen-bond acceptors (Lipinski definition) is 8. The largest absolute Gasteiger partial charge is 0.493 e. The Bertz CT molecular complexity index is 1190. The Hall–Kier alpha value is -3.53. The van der Waals surface area contributed by atoms with E-state index in [2.05, 4.69) is 15.3 Å². The molecular formula is C23H26N4O5S. The summed E-state index contributed by atoms with van der Waals surface area (Å²) in [7, 11) is 4.49. The smallest absolute Gasteiger partial charge is 0.244 e. The summed E-state index contributed by atoms with van der Waals surface area (Å²) < 4.78 is 17.4. The van der Waals surface area contributed by atoms with E-state index < -0.39 is 0 Å².